The molecule has 2 aromatic heterocycles. The van der Waals surface area contributed by atoms with Gasteiger partial charge in [-0.05, 0) is 43.4 Å². The number of ether oxygens (including phenoxy) is 1. The van der Waals surface area contributed by atoms with Crippen LogP contribution >= 0.6 is 0 Å². The molecule has 1 fully saturated rings. The Bertz CT molecular complexity index is 707. The van der Waals surface area contributed by atoms with Crippen LogP contribution in [0.4, 0.5) is 0 Å². The van der Waals surface area contributed by atoms with Crippen LogP contribution in [0.3, 0.4) is 0 Å². The first kappa shape index (κ1) is 17.3. The highest BCUT2D eigenvalue weighted by Crippen LogP contribution is 2.29. The number of aromatic nitrogens is 3. The molecule has 0 spiro atoms. The van der Waals surface area contributed by atoms with Gasteiger partial charge < -0.3 is 15.4 Å². The lowest BCUT2D eigenvalue weighted by atomic mass is 10.3. The summed E-state index contributed by atoms with van der Waals surface area (Å²) < 4.78 is 7.58. The fraction of sp³-hybridized carbons (Fsp3) is 0.500. The standard InChI is InChI=1S/C18H26N6O/c1-3-19-18(22-12-16-7-9-23-24(16)2)21-11-15-6-8-20-17(10-15)25-13-14-4-5-14/h6-10,14H,3-5,11-13H2,1-2H3,(H2,19,21,22). The molecule has 1 aliphatic rings. The molecule has 3 rings (SSSR count). The topological polar surface area (TPSA) is 76.4 Å². The maximum atomic E-state index is 5.73. The van der Waals surface area contributed by atoms with E-state index >= 15 is 0 Å². The molecule has 0 aliphatic heterocycles. The molecular weight excluding hydrogens is 316 g/mol. The van der Waals surface area contributed by atoms with E-state index in [1.807, 2.05) is 29.9 Å². The summed E-state index contributed by atoms with van der Waals surface area (Å²) in [5.74, 6) is 2.19. The minimum atomic E-state index is 0.572. The molecule has 0 radical (unpaired) electrons. The van der Waals surface area contributed by atoms with E-state index in [-0.39, 0.29) is 0 Å². The van der Waals surface area contributed by atoms with Crippen molar-refractivity contribution in [1.29, 1.82) is 0 Å². The van der Waals surface area contributed by atoms with Crippen LogP contribution in [0.2, 0.25) is 0 Å². The van der Waals surface area contributed by atoms with Crippen LogP contribution in [0, 0.1) is 5.92 Å². The zero-order valence-electron chi connectivity index (χ0n) is 14.9. The number of hydrogen-bond donors (Lipinski definition) is 2. The van der Waals surface area contributed by atoms with Crippen LogP contribution in [0.15, 0.2) is 35.6 Å². The predicted molar refractivity (Wildman–Crippen MR) is 97.3 cm³/mol. The second-order valence-electron chi connectivity index (χ2n) is 6.25. The van der Waals surface area contributed by atoms with Crippen LogP contribution in [0.1, 0.15) is 31.0 Å². The first-order valence-electron chi connectivity index (χ1n) is 8.81. The van der Waals surface area contributed by atoms with Gasteiger partial charge in [0, 0.05) is 32.1 Å². The summed E-state index contributed by atoms with van der Waals surface area (Å²) in [6.45, 7) is 4.88. The highest BCUT2D eigenvalue weighted by Gasteiger charge is 2.22. The molecule has 1 saturated carbocycles. The summed E-state index contributed by atoms with van der Waals surface area (Å²) in [6, 6.07) is 5.93. The van der Waals surface area contributed by atoms with Gasteiger partial charge in [-0.2, -0.15) is 5.10 Å². The molecule has 7 nitrogen and oxygen atoms in total. The fourth-order valence-electron chi connectivity index (χ4n) is 2.38. The molecule has 0 atom stereocenters. The molecule has 25 heavy (non-hydrogen) atoms. The van der Waals surface area contributed by atoms with Crippen molar-refractivity contribution in [2.45, 2.75) is 32.9 Å². The van der Waals surface area contributed by atoms with Gasteiger partial charge in [-0.25, -0.2) is 9.98 Å². The van der Waals surface area contributed by atoms with Gasteiger partial charge in [0.1, 0.15) is 0 Å². The van der Waals surface area contributed by atoms with Gasteiger partial charge in [0.15, 0.2) is 5.96 Å². The highest BCUT2D eigenvalue weighted by atomic mass is 16.5. The number of nitrogens with one attached hydrogen (secondary N) is 2. The Kier molecular flexibility index (Phi) is 5.87. The van der Waals surface area contributed by atoms with Crippen LogP contribution < -0.4 is 15.4 Å². The maximum Gasteiger partial charge on any atom is 0.213 e. The highest BCUT2D eigenvalue weighted by molar-refractivity contribution is 5.79. The fourth-order valence-corrected chi connectivity index (χ4v) is 2.38. The molecule has 2 heterocycles. The first-order valence-corrected chi connectivity index (χ1v) is 8.81. The second-order valence-corrected chi connectivity index (χ2v) is 6.25. The zero-order chi connectivity index (χ0) is 17.5. The van der Waals surface area contributed by atoms with Crippen LogP contribution in [0.25, 0.3) is 0 Å². The third kappa shape index (κ3) is 5.48. The Morgan fingerprint density at radius 1 is 1.32 bits per heavy atom. The summed E-state index contributed by atoms with van der Waals surface area (Å²) in [4.78, 5) is 8.91. The van der Waals surface area contributed by atoms with Crippen LogP contribution in [-0.2, 0) is 20.1 Å². The minimum absolute atomic E-state index is 0.572. The first-order chi connectivity index (χ1) is 12.2. The van der Waals surface area contributed by atoms with Gasteiger partial charge in [-0.1, -0.05) is 0 Å². The van der Waals surface area contributed by atoms with Gasteiger partial charge in [-0.3, -0.25) is 4.68 Å². The SMILES string of the molecule is CCNC(=NCc1ccnc(OCC2CC2)c1)NCc1ccnn1C. The largest absolute Gasteiger partial charge is 0.477 e. The van der Waals surface area contributed by atoms with Gasteiger partial charge in [0.2, 0.25) is 5.88 Å². The quantitative estimate of drug-likeness (QED) is 0.566. The zero-order valence-corrected chi connectivity index (χ0v) is 14.9. The summed E-state index contributed by atoms with van der Waals surface area (Å²) in [7, 11) is 1.93. The Balaban J connectivity index is 1.56. The molecule has 134 valence electrons. The van der Waals surface area contributed by atoms with E-state index < -0.39 is 0 Å². The van der Waals surface area contributed by atoms with Crippen LogP contribution in [0.5, 0.6) is 5.88 Å². The minimum Gasteiger partial charge on any atom is -0.477 e. The van der Waals surface area contributed by atoms with Crippen molar-refractivity contribution in [3.63, 3.8) is 0 Å². The smallest absolute Gasteiger partial charge is 0.213 e. The Labute approximate surface area is 148 Å². The Hall–Kier alpha value is -2.57. The van der Waals surface area contributed by atoms with Gasteiger partial charge in [-0.15, -0.1) is 0 Å². The number of hydrogen-bond acceptors (Lipinski definition) is 4. The van der Waals surface area contributed by atoms with Crippen molar-refractivity contribution in [3.05, 3.63) is 41.9 Å². The third-order valence-corrected chi connectivity index (χ3v) is 4.09. The van der Waals surface area contributed by atoms with Gasteiger partial charge in [0.25, 0.3) is 0 Å². The lowest BCUT2D eigenvalue weighted by Gasteiger charge is -2.11. The van der Waals surface area contributed by atoms with Crippen molar-refractivity contribution < 1.29 is 4.74 Å². The van der Waals surface area contributed by atoms with Crippen molar-refractivity contribution in [2.24, 2.45) is 18.0 Å². The molecule has 0 aromatic carbocycles. The summed E-state index contributed by atoms with van der Waals surface area (Å²) >= 11 is 0. The van der Waals surface area contributed by atoms with E-state index in [0.717, 1.165) is 36.3 Å². The number of nitrogens with zero attached hydrogens (tertiary/aromatic N) is 4. The number of rotatable bonds is 8. The molecule has 2 aromatic rings. The third-order valence-electron chi connectivity index (χ3n) is 4.09. The second kappa shape index (κ2) is 8.50. The van der Waals surface area contributed by atoms with Crippen molar-refractivity contribution in [2.75, 3.05) is 13.2 Å². The molecular formula is C18H26N6O. The molecule has 0 saturated heterocycles. The molecule has 1 aliphatic carbocycles. The number of guanidine groups is 1. The van der Waals surface area contributed by atoms with E-state index in [1.165, 1.54) is 12.8 Å². The van der Waals surface area contributed by atoms with E-state index in [4.69, 9.17) is 4.74 Å². The van der Waals surface area contributed by atoms with Crippen molar-refractivity contribution >= 4 is 5.96 Å². The lowest BCUT2D eigenvalue weighted by Crippen LogP contribution is -2.37. The van der Waals surface area contributed by atoms with E-state index in [2.05, 4.69) is 32.6 Å². The Morgan fingerprint density at radius 2 is 2.20 bits per heavy atom. The average molecular weight is 342 g/mol. The number of aryl methyl sites for hydroxylation is 1. The van der Waals surface area contributed by atoms with E-state index in [0.29, 0.717) is 19.0 Å². The van der Waals surface area contributed by atoms with Crippen LogP contribution in [-0.4, -0.2) is 33.9 Å². The number of aliphatic imine (C=N–C) groups is 1. The molecule has 0 unspecified atom stereocenters. The Morgan fingerprint density at radius 3 is 2.92 bits per heavy atom. The summed E-state index contributed by atoms with van der Waals surface area (Å²) in [5, 5.41) is 10.8. The molecule has 0 bridgehead atoms. The predicted octanol–water partition coefficient (Wildman–Crippen LogP) is 1.86. The van der Waals surface area contributed by atoms with E-state index in [1.54, 1.807) is 12.4 Å². The van der Waals surface area contributed by atoms with Gasteiger partial charge in [0.05, 0.1) is 25.4 Å². The molecule has 0 amide bonds. The van der Waals surface area contributed by atoms with E-state index in [9.17, 15) is 0 Å². The monoisotopic (exact) mass is 342 g/mol. The number of pyridine rings is 1. The molecule has 2 N–H and O–H groups in total. The lowest BCUT2D eigenvalue weighted by molar-refractivity contribution is 0.288. The van der Waals surface area contributed by atoms with Crippen molar-refractivity contribution in [3.8, 4) is 5.88 Å². The summed E-state index contributed by atoms with van der Waals surface area (Å²) in [6.07, 6.45) is 6.13. The van der Waals surface area contributed by atoms with Gasteiger partial charge >= 0.3 is 0 Å². The summed E-state index contributed by atoms with van der Waals surface area (Å²) in [5.41, 5.74) is 2.18. The van der Waals surface area contributed by atoms with Crippen molar-refractivity contribution in [1.82, 2.24) is 25.4 Å². The average Bonchev–Trinajstić information content (AvgIpc) is 3.37. The maximum absolute atomic E-state index is 5.73. The normalized spacial score (nSPS) is 14.4. The molecule has 7 heteroatoms.